The van der Waals surface area contributed by atoms with E-state index >= 15 is 0 Å². The lowest BCUT2D eigenvalue weighted by Gasteiger charge is -2.34. The van der Waals surface area contributed by atoms with Gasteiger partial charge in [-0.25, -0.2) is 0 Å². The SMILES string of the molecule is CCC[C@@H]1C=C[C@H]2[C@H](C(=O)N(CCCCO)[C@@H]2C(=O)NCCN2CCOCC2)[C@@H]1C(=O)OCC. The lowest BCUT2D eigenvalue weighted by molar-refractivity contribution is -0.155. The molecule has 3 aliphatic rings. The van der Waals surface area contributed by atoms with E-state index in [0.717, 1.165) is 32.5 Å². The molecule has 3 rings (SSSR count). The number of aliphatic hydroxyl groups excluding tert-OH is 1. The van der Waals surface area contributed by atoms with Gasteiger partial charge < -0.3 is 24.8 Å². The Balaban J connectivity index is 1.79. The van der Waals surface area contributed by atoms with Crippen LogP contribution in [0.4, 0.5) is 0 Å². The Bertz CT molecular complexity index is 723. The number of ether oxygens (including phenoxy) is 2. The van der Waals surface area contributed by atoms with Crippen molar-refractivity contribution >= 4 is 17.8 Å². The van der Waals surface area contributed by atoms with Crippen molar-refractivity contribution in [1.29, 1.82) is 0 Å². The predicted octanol–water partition coefficient (Wildman–Crippen LogP) is 0.816. The molecule has 2 saturated heterocycles. The molecule has 0 saturated carbocycles. The van der Waals surface area contributed by atoms with Gasteiger partial charge in [-0.05, 0) is 32.1 Å². The Morgan fingerprint density at radius 3 is 2.62 bits per heavy atom. The molecule has 192 valence electrons. The number of nitrogens with one attached hydrogen (secondary N) is 1. The summed E-state index contributed by atoms with van der Waals surface area (Å²) in [6, 6.07) is -0.656. The van der Waals surface area contributed by atoms with Crippen LogP contribution in [0.1, 0.15) is 39.5 Å². The number of carbonyl (C=O) groups is 3. The van der Waals surface area contributed by atoms with E-state index in [2.05, 4.69) is 17.1 Å². The molecule has 1 aliphatic carbocycles. The van der Waals surface area contributed by atoms with Crippen LogP contribution in [0.3, 0.4) is 0 Å². The van der Waals surface area contributed by atoms with Crippen LogP contribution in [-0.2, 0) is 23.9 Å². The molecule has 2 fully saturated rings. The second kappa shape index (κ2) is 13.2. The summed E-state index contributed by atoms with van der Waals surface area (Å²) >= 11 is 0. The molecule has 5 atom stereocenters. The molecule has 0 aromatic heterocycles. The average molecular weight is 480 g/mol. The number of hydrogen-bond acceptors (Lipinski definition) is 7. The molecule has 2 N–H and O–H groups in total. The number of fused-ring (bicyclic) bond motifs is 1. The molecule has 0 unspecified atom stereocenters. The largest absolute Gasteiger partial charge is 0.466 e. The Kier molecular flexibility index (Phi) is 10.3. The number of hydrogen-bond donors (Lipinski definition) is 2. The molecule has 9 nitrogen and oxygen atoms in total. The van der Waals surface area contributed by atoms with Crippen molar-refractivity contribution in [2.24, 2.45) is 23.7 Å². The van der Waals surface area contributed by atoms with Gasteiger partial charge in [-0.1, -0.05) is 25.5 Å². The van der Waals surface area contributed by atoms with Gasteiger partial charge in [0.25, 0.3) is 0 Å². The first-order valence-electron chi connectivity index (χ1n) is 12.9. The maximum atomic E-state index is 13.7. The van der Waals surface area contributed by atoms with Crippen molar-refractivity contribution in [2.45, 2.75) is 45.6 Å². The Morgan fingerprint density at radius 2 is 1.94 bits per heavy atom. The summed E-state index contributed by atoms with van der Waals surface area (Å²) < 4.78 is 10.8. The number of carbonyl (C=O) groups excluding carboxylic acids is 3. The maximum absolute atomic E-state index is 13.7. The number of amides is 2. The molecule has 0 spiro atoms. The fourth-order valence-corrected chi connectivity index (χ4v) is 5.57. The highest BCUT2D eigenvalue weighted by molar-refractivity contribution is 5.96. The first kappa shape index (κ1) is 26.6. The van der Waals surface area contributed by atoms with E-state index in [1.807, 2.05) is 12.2 Å². The van der Waals surface area contributed by atoms with Crippen molar-refractivity contribution < 1.29 is 29.0 Å². The van der Waals surface area contributed by atoms with Gasteiger partial charge in [0, 0.05) is 45.2 Å². The summed E-state index contributed by atoms with van der Waals surface area (Å²) in [6.45, 7) is 8.83. The van der Waals surface area contributed by atoms with E-state index in [0.29, 0.717) is 39.1 Å². The fourth-order valence-electron chi connectivity index (χ4n) is 5.57. The summed E-state index contributed by atoms with van der Waals surface area (Å²) in [5.41, 5.74) is 0. The first-order valence-corrected chi connectivity index (χ1v) is 12.9. The smallest absolute Gasteiger partial charge is 0.310 e. The Morgan fingerprint density at radius 1 is 1.18 bits per heavy atom. The van der Waals surface area contributed by atoms with Gasteiger partial charge in [0.05, 0.1) is 31.7 Å². The van der Waals surface area contributed by atoms with Gasteiger partial charge in [0.15, 0.2) is 0 Å². The van der Waals surface area contributed by atoms with E-state index in [1.165, 1.54) is 0 Å². The zero-order chi connectivity index (χ0) is 24.5. The van der Waals surface area contributed by atoms with Crippen LogP contribution in [0.2, 0.25) is 0 Å². The third-order valence-corrected chi connectivity index (χ3v) is 7.20. The zero-order valence-corrected chi connectivity index (χ0v) is 20.6. The number of likely N-dealkylation sites (tertiary alicyclic amines) is 1. The van der Waals surface area contributed by atoms with E-state index < -0.39 is 17.9 Å². The van der Waals surface area contributed by atoms with E-state index in [1.54, 1.807) is 11.8 Å². The minimum Gasteiger partial charge on any atom is -0.466 e. The second-order valence-corrected chi connectivity index (χ2v) is 9.37. The van der Waals surface area contributed by atoms with Gasteiger partial charge in [0.2, 0.25) is 11.8 Å². The van der Waals surface area contributed by atoms with Crippen LogP contribution >= 0.6 is 0 Å². The molecule has 2 aliphatic heterocycles. The summed E-state index contributed by atoms with van der Waals surface area (Å²) in [7, 11) is 0. The van der Waals surface area contributed by atoms with Crippen molar-refractivity contribution in [2.75, 3.05) is 59.2 Å². The molecular formula is C25H41N3O6. The zero-order valence-electron chi connectivity index (χ0n) is 20.6. The van der Waals surface area contributed by atoms with Crippen LogP contribution in [0, 0.1) is 23.7 Å². The highest BCUT2D eigenvalue weighted by atomic mass is 16.5. The molecule has 0 radical (unpaired) electrons. The normalized spacial score (nSPS) is 29.2. The molecular weight excluding hydrogens is 438 g/mol. The minimum atomic E-state index is -0.656. The molecule has 2 heterocycles. The number of allylic oxidation sites excluding steroid dienone is 1. The number of morpholine rings is 1. The van der Waals surface area contributed by atoms with Gasteiger partial charge in [-0.15, -0.1) is 0 Å². The summed E-state index contributed by atoms with van der Waals surface area (Å²) in [5, 5.41) is 12.3. The second-order valence-electron chi connectivity index (χ2n) is 9.37. The number of aliphatic hydroxyl groups is 1. The van der Waals surface area contributed by atoms with Crippen molar-refractivity contribution in [3.8, 4) is 0 Å². The summed E-state index contributed by atoms with van der Waals surface area (Å²) in [4.78, 5) is 43.9. The first-order chi connectivity index (χ1) is 16.5. The molecule has 0 aromatic rings. The lowest BCUT2D eigenvalue weighted by Crippen LogP contribution is -2.49. The quantitative estimate of drug-likeness (QED) is 0.242. The lowest BCUT2D eigenvalue weighted by atomic mass is 9.69. The molecule has 0 bridgehead atoms. The fraction of sp³-hybridized carbons (Fsp3) is 0.800. The number of rotatable bonds is 12. The van der Waals surface area contributed by atoms with E-state index in [9.17, 15) is 19.5 Å². The van der Waals surface area contributed by atoms with Crippen molar-refractivity contribution in [3.05, 3.63) is 12.2 Å². The molecule has 9 heteroatoms. The van der Waals surface area contributed by atoms with Gasteiger partial charge in [-0.3, -0.25) is 19.3 Å². The predicted molar refractivity (Wildman–Crippen MR) is 127 cm³/mol. The van der Waals surface area contributed by atoms with Crippen molar-refractivity contribution in [3.63, 3.8) is 0 Å². The average Bonchev–Trinajstić information content (AvgIpc) is 3.12. The van der Waals surface area contributed by atoms with Crippen LogP contribution in [0.15, 0.2) is 12.2 Å². The summed E-state index contributed by atoms with van der Waals surface area (Å²) in [6.07, 6.45) is 6.84. The molecule has 0 aromatic carbocycles. The summed E-state index contributed by atoms with van der Waals surface area (Å²) in [5.74, 6) is -2.29. The standard InChI is InChI=1S/C25H41N3O6/c1-3-7-18-8-9-19-21(20(18)25(32)34-4-2)24(31)28(11-5-6-15-29)22(19)23(30)26-10-12-27-13-16-33-17-14-27/h8-9,18-22,29H,3-7,10-17H2,1-2H3,(H,26,30)/t18-,19+,20-,21+,22+/m1/s1. The number of esters is 1. The number of nitrogens with zero attached hydrogens (tertiary/aromatic N) is 2. The van der Waals surface area contributed by atoms with Gasteiger partial charge in [-0.2, -0.15) is 0 Å². The van der Waals surface area contributed by atoms with Crippen LogP contribution < -0.4 is 5.32 Å². The van der Waals surface area contributed by atoms with Gasteiger partial charge in [0.1, 0.15) is 6.04 Å². The molecule has 2 amide bonds. The molecule has 34 heavy (non-hydrogen) atoms. The van der Waals surface area contributed by atoms with Crippen molar-refractivity contribution in [1.82, 2.24) is 15.1 Å². The third kappa shape index (κ3) is 6.17. The highest BCUT2D eigenvalue weighted by Gasteiger charge is 2.57. The Labute approximate surface area is 202 Å². The monoisotopic (exact) mass is 479 g/mol. The van der Waals surface area contributed by atoms with Crippen LogP contribution in [0.5, 0.6) is 0 Å². The van der Waals surface area contributed by atoms with Crippen LogP contribution in [-0.4, -0.2) is 97.9 Å². The highest BCUT2D eigenvalue weighted by Crippen LogP contribution is 2.45. The maximum Gasteiger partial charge on any atom is 0.310 e. The van der Waals surface area contributed by atoms with Gasteiger partial charge >= 0.3 is 5.97 Å². The van der Waals surface area contributed by atoms with Crippen LogP contribution in [0.25, 0.3) is 0 Å². The van der Waals surface area contributed by atoms with E-state index in [4.69, 9.17) is 9.47 Å². The minimum absolute atomic E-state index is 0.0369. The van der Waals surface area contributed by atoms with E-state index in [-0.39, 0.29) is 42.8 Å². The Hall–Kier alpha value is -1.97. The number of unbranched alkanes of at least 4 members (excludes halogenated alkanes) is 1. The third-order valence-electron chi connectivity index (χ3n) is 7.20. The topological polar surface area (TPSA) is 108 Å².